The van der Waals surface area contributed by atoms with Crippen molar-refractivity contribution >= 4 is 5.91 Å². The van der Waals surface area contributed by atoms with Crippen LogP contribution in [0.1, 0.15) is 38.5 Å². The molecule has 21 heavy (non-hydrogen) atoms. The van der Waals surface area contributed by atoms with E-state index in [2.05, 4.69) is 9.80 Å². The molecule has 4 nitrogen and oxygen atoms in total. The van der Waals surface area contributed by atoms with Gasteiger partial charge in [0.15, 0.2) is 0 Å². The fraction of sp³-hybridized carbons (Fsp3) is 0.941. The highest BCUT2D eigenvalue weighted by molar-refractivity contribution is 5.83. The lowest BCUT2D eigenvalue weighted by molar-refractivity contribution is -0.159. The molecule has 0 spiro atoms. The van der Waals surface area contributed by atoms with Crippen molar-refractivity contribution in [2.75, 3.05) is 39.3 Å². The van der Waals surface area contributed by atoms with Gasteiger partial charge in [-0.1, -0.05) is 0 Å². The van der Waals surface area contributed by atoms with E-state index < -0.39 is 0 Å². The predicted molar refractivity (Wildman–Crippen MR) is 82.7 cm³/mol. The summed E-state index contributed by atoms with van der Waals surface area (Å²) in [5.74, 6) is 3.09. The van der Waals surface area contributed by atoms with Crippen LogP contribution >= 0.6 is 0 Å². The van der Waals surface area contributed by atoms with Crippen LogP contribution in [0.2, 0.25) is 0 Å². The van der Waals surface area contributed by atoms with Crippen molar-refractivity contribution in [2.45, 2.75) is 38.5 Å². The maximum Gasteiger partial charge on any atom is 0.228 e. The molecular formula is C17H29N3O. The van der Waals surface area contributed by atoms with Crippen molar-refractivity contribution < 1.29 is 4.79 Å². The Morgan fingerprint density at radius 3 is 1.95 bits per heavy atom. The van der Waals surface area contributed by atoms with Gasteiger partial charge in [-0.15, -0.1) is 0 Å². The molecule has 1 saturated heterocycles. The van der Waals surface area contributed by atoms with E-state index in [9.17, 15) is 4.79 Å². The molecule has 0 radical (unpaired) electrons. The quantitative estimate of drug-likeness (QED) is 0.853. The van der Waals surface area contributed by atoms with Gasteiger partial charge in [0.2, 0.25) is 5.91 Å². The van der Waals surface area contributed by atoms with Crippen LogP contribution in [0, 0.1) is 23.2 Å². The monoisotopic (exact) mass is 291 g/mol. The maximum absolute atomic E-state index is 13.2. The Morgan fingerprint density at radius 2 is 1.48 bits per heavy atom. The van der Waals surface area contributed by atoms with Crippen molar-refractivity contribution in [3.8, 4) is 0 Å². The number of carbonyl (C=O) groups is 1. The van der Waals surface area contributed by atoms with E-state index in [4.69, 9.17) is 5.73 Å². The highest BCUT2D eigenvalue weighted by Crippen LogP contribution is 2.60. The molecule has 1 amide bonds. The molecule has 5 rings (SSSR count). The van der Waals surface area contributed by atoms with Gasteiger partial charge in [0, 0.05) is 39.3 Å². The fourth-order valence-electron chi connectivity index (χ4n) is 6.07. The van der Waals surface area contributed by atoms with Gasteiger partial charge in [0.25, 0.3) is 0 Å². The van der Waals surface area contributed by atoms with E-state index in [-0.39, 0.29) is 5.41 Å². The molecule has 0 aromatic carbocycles. The van der Waals surface area contributed by atoms with Crippen LogP contribution in [-0.4, -0.2) is 55.0 Å². The van der Waals surface area contributed by atoms with Crippen LogP contribution in [0.15, 0.2) is 0 Å². The summed E-state index contributed by atoms with van der Waals surface area (Å²) in [5, 5.41) is 0. The Labute approximate surface area is 128 Å². The van der Waals surface area contributed by atoms with E-state index >= 15 is 0 Å². The summed E-state index contributed by atoms with van der Waals surface area (Å²) in [5.41, 5.74) is 5.68. The molecule has 1 heterocycles. The molecule has 118 valence electrons. The number of piperazine rings is 1. The first-order chi connectivity index (χ1) is 10.2. The molecule has 5 fully saturated rings. The second-order valence-electron chi connectivity index (χ2n) is 8.12. The van der Waals surface area contributed by atoms with Crippen LogP contribution in [0.3, 0.4) is 0 Å². The van der Waals surface area contributed by atoms with E-state index in [1.54, 1.807) is 0 Å². The highest BCUT2D eigenvalue weighted by atomic mass is 16.2. The number of nitrogens with zero attached hydrogens (tertiary/aromatic N) is 2. The van der Waals surface area contributed by atoms with Crippen LogP contribution in [-0.2, 0) is 4.79 Å². The van der Waals surface area contributed by atoms with Gasteiger partial charge >= 0.3 is 0 Å². The summed E-state index contributed by atoms with van der Waals surface area (Å²) < 4.78 is 0. The predicted octanol–water partition coefficient (Wildman–Crippen LogP) is 1.31. The second-order valence-corrected chi connectivity index (χ2v) is 8.12. The molecule has 0 aromatic heterocycles. The van der Waals surface area contributed by atoms with E-state index in [0.29, 0.717) is 5.91 Å². The van der Waals surface area contributed by atoms with Crippen molar-refractivity contribution in [3.05, 3.63) is 0 Å². The summed E-state index contributed by atoms with van der Waals surface area (Å²) >= 11 is 0. The lowest BCUT2D eigenvalue weighted by atomic mass is 9.49. The maximum atomic E-state index is 13.2. The second kappa shape index (κ2) is 5.24. The zero-order chi connectivity index (χ0) is 14.4. The summed E-state index contributed by atoms with van der Waals surface area (Å²) in [4.78, 5) is 17.8. The van der Waals surface area contributed by atoms with Crippen molar-refractivity contribution in [1.29, 1.82) is 0 Å². The van der Waals surface area contributed by atoms with Crippen molar-refractivity contribution in [3.63, 3.8) is 0 Å². The van der Waals surface area contributed by atoms with E-state index in [0.717, 1.165) is 57.0 Å². The topological polar surface area (TPSA) is 49.6 Å². The number of rotatable bonds is 3. The largest absolute Gasteiger partial charge is 0.340 e. The van der Waals surface area contributed by atoms with E-state index in [1.165, 1.54) is 38.5 Å². The molecule has 0 unspecified atom stereocenters. The zero-order valence-electron chi connectivity index (χ0n) is 13.1. The Hall–Kier alpha value is -0.610. The third-order valence-corrected chi connectivity index (χ3v) is 6.60. The van der Waals surface area contributed by atoms with Crippen LogP contribution in [0.25, 0.3) is 0 Å². The van der Waals surface area contributed by atoms with Crippen molar-refractivity contribution in [1.82, 2.24) is 9.80 Å². The number of hydrogen-bond acceptors (Lipinski definition) is 3. The first-order valence-corrected chi connectivity index (χ1v) is 8.90. The van der Waals surface area contributed by atoms with Crippen molar-refractivity contribution in [2.24, 2.45) is 28.9 Å². The lowest BCUT2D eigenvalue weighted by Crippen LogP contribution is -2.58. The molecule has 4 aliphatic carbocycles. The third kappa shape index (κ3) is 2.40. The first kappa shape index (κ1) is 14.0. The van der Waals surface area contributed by atoms with Crippen LogP contribution in [0.4, 0.5) is 0 Å². The zero-order valence-corrected chi connectivity index (χ0v) is 13.1. The summed E-state index contributed by atoms with van der Waals surface area (Å²) in [6, 6.07) is 0. The summed E-state index contributed by atoms with van der Waals surface area (Å²) in [6.07, 6.45) is 7.83. The van der Waals surface area contributed by atoms with Gasteiger partial charge in [-0.05, 0) is 56.3 Å². The molecule has 2 N–H and O–H groups in total. The minimum atomic E-state index is 0.0464. The fourth-order valence-corrected chi connectivity index (χ4v) is 6.07. The molecular weight excluding hydrogens is 262 g/mol. The number of hydrogen-bond donors (Lipinski definition) is 1. The van der Waals surface area contributed by atoms with Gasteiger partial charge in [-0.3, -0.25) is 9.69 Å². The molecule has 0 aromatic rings. The average molecular weight is 291 g/mol. The van der Waals surface area contributed by atoms with E-state index in [1.807, 2.05) is 0 Å². The van der Waals surface area contributed by atoms with Crippen LogP contribution in [0.5, 0.6) is 0 Å². The molecule has 0 atom stereocenters. The normalized spacial score (nSPS) is 42.5. The summed E-state index contributed by atoms with van der Waals surface area (Å²) in [6.45, 7) is 5.55. The summed E-state index contributed by atoms with van der Waals surface area (Å²) in [7, 11) is 0. The standard InChI is InChI=1S/C17H29N3O/c18-1-2-19-3-5-20(6-4-19)16(21)17-10-13-7-14(11-17)9-15(8-13)12-17/h13-15H,1-12,18H2. The SMILES string of the molecule is NCCN1CCN(C(=O)C23CC4CC(CC(C4)C2)C3)CC1. The minimum absolute atomic E-state index is 0.0464. The molecule has 4 heteroatoms. The van der Waals surface area contributed by atoms with Gasteiger partial charge in [-0.25, -0.2) is 0 Å². The number of carbonyl (C=O) groups excluding carboxylic acids is 1. The number of nitrogens with two attached hydrogens (primary N) is 1. The third-order valence-electron chi connectivity index (χ3n) is 6.60. The molecule has 4 saturated carbocycles. The molecule has 1 aliphatic heterocycles. The number of amides is 1. The van der Waals surface area contributed by atoms with Gasteiger partial charge in [0.1, 0.15) is 0 Å². The Kier molecular flexibility index (Phi) is 3.49. The molecule has 4 bridgehead atoms. The Balaban J connectivity index is 1.43. The van der Waals surface area contributed by atoms with Crippen LogP contribution < -0.4 is 5.73 Å². The van der Waals surface area contributed by atoms with Gasteiger partial charge < -0.3 is 10.6 Å². The van der Waals surface area contributed by atoms with Gasteiger partial charge in [-0.2, -0.15) is 0 Å². The average Bonchev–Trinajstić information content (AvgIpc) is 2.46. The smallest absolute Gasteiger partial charge is 0.228 e. The minimum Gasteiger partial charge on any atom is -0.340 e. The molecule has 5 aliphatic rings. The Bertz CT molecular complexity index is 379. The van der Waals surface area contributed by atoms with Gasteiger partial charge in [0.05, 0.1) is 5.41 Å². The first-order valence-electron chi connectivity index (χ1n) is 8.90. The lowest BCUT2D eigenvalue weighted by Gasteiger charge is -2.57. The Morgan fingerprint density at radius 1 is 0.952 bits per heavy atom. The highest BCUT2D eigenvalue weighted by Gasteiger charge is 2.55.